The van der Waals surface area contributed by atoms with Crippen molar-refractivity contribution in [1.29, 1.82) is 5.26 Å². The van der Waals surface area contributed by atoms with Crippen LogP contribution in [0.5, 0.6) is 0 Å². The highest BCUT2D eigenvalue weighted by Crippen LogP contribution is 1.99. The van der Waals surface area contributed by atoms with Gasteiger partial charge in [-0.1, -0.05) is 30.3 Å². The van der Waals surface area contributed by atoms with Crippen LogP contribution >= 0.6 is 0 Å². The maximum absolute atomic E-state index is 11.6. The summed E-state index contributed by atoms with van der Waals surface area (Å²) < 4.78 is 23.2. The molecule has 0 bridgehead atoms. The highest BCUT2D eigenvalue weighted by molar-refractivity contribution is 7.92. The Labute approximate surface area is 119 Å². The van der Waals surface area contributed by atoms with Gasteiger partial charge in [-0.05, 0) is 18.4 Å². The van der Waals surface area contributed by atoms with E-state index < -0.39 is 21.5 Å². The molecule has 1 amide bonds. The summed E-state index contributed by atoms with van der Waals surface area (Å²) in [6.07, 6.45) is 1.13. The zero-order valence-electron chi connectivity index (χ0n) is 11.2. The maximum atomic E-state index is 11.6. The van der Waals surface area contributed by atoms with Gasteiger partial charge in [-0.2, -0.15) is 5.26 Å². The van der Waals surface area contributed by atoms with Gasteiger partial charge in [0.25, 0.3) is 0 Å². The van der Waals surface area contributed by atoms with Gasteiger partial charge < -0.3 is 5.32 Å². The van der Waals surface area contributed by atoms with Gasteiger partial charge in [-0.25, -0.2) is 8.42 Å². The molecule has 0 atom stereocenters. The van der Waals surface area contributed by atoms with Gasteiger partial charge in [0.2, 0.25) is 5.91 Å². The molecule has 6 heteroatoms. The Balaban J connectivity index is 2.28. The molecule has 1 rings (SSSR count). The third-order valence-electron chi connectivity index (χ3n) is 2.67. The number of amides is 1. The number of nitriles is 1. The fraction of sp³-hybridized carbons (Fsp3) is 0.429. The van der Waals surface area contributed by atoms with Gasteiger partial charge in [0.05, 0.1) is 11.8 Å². The van der Waals surface area contributed by atoms with Crippen LogP contribution in [0.2, 0.25) is 0 Å². The van der Waals surface area contributed by atoms with Crippen molar-refractivity contribution in [2.45, 2.75) is 19.3 Å². The van der Waals surface area contributed by atoms with Gasteiger partial charge in [-0.15, -0.1) is 0 Å². The minimum absolute atomic E-state index is 0.118. The fourth-order valence-corrected chi connectivity index (χ4v) is 2.92. The molecule has 20 heavy (non-hydrogen) atoms. The third kappa shape index (κ3) is 6.90. The first-order valence-electron chi connectivity index (χ1n) is 6.41. The lowest BCUT2D eigenvalue weighted by Crippen LogP contribution is -2.32. The van der Waals surface area contributed by atoms with Crippen molar-refractivity contribution in [2.75, 3.05) is 18.1 Å². The lowest BCUT2D eigenvalue weighted by Gasteiger charge is -2.06. The van der Waals surface area contributed by atoms with Crippen molar-refractivity contribution < 1.29 is 13.2 Å². The summed E-state index contributed by atoms with van der Waals surface area (Å²) in [4.78, 5) is 11.5. The predicted molar refractivity (Wildman–Crippen MR) is 76.7 cm³/mol. The molecule has 1 N–H and O–H groups in total. The molecule has 0 aromatic heterocycles. The van der Waals surface area contributed by atoms with Crippen molar-refractivity contribution in [3.05, 3.63) is 35.9 Å². The lowest BCUT2D eigenvalue weighted by atomic mass is 10.1. The SMILES string of the molecule is N#CCCCS(=O)(=O)CC(=O)NCCc1ccccc1. The summed E-state index contributed by atoms with van der Waals surface area (Å²) in [5.41, 5.74) is 1.09. The van der Waals surface area contributed by atoms with Crippen LogP contribution in [0.3, 0.4) is 0 Å². The number of hydrogen-bond acceptors (Lipinski definition) is 4. The van der Waals surface area contributed by atoms with Gasteiger partial charge in [0.1, 0.15) is 5.75 Å². The van der Waals surface area contributed by atoms with E-state index >= 15 is 0 Å². The quantitative estimate of drug-likeness (QED) is 0.726. The molecule has 0 unspecified atom stereocenters. The van der Waals surface area contributed by atoms with Crippen molar-refractivity contribution in [3.63, 3.8) is 0 Å². The molecule has 0 saturated carbocycles. The van der Waals surface area contributed by atoms with E-state index in [0.29, 0.717) is 13.0 Å². The molecule has 0 aliphatic heterocycles. The van der Waals surface area contributed by atoms with Gasteiger partial charge >= 0.3 is 0 Å². The summed E-state index contributed by atoms with van der Waals surface area (Å²) in [6.45, 7) is 0.413. The number of hydrogen-bond donors (Lipinski definition) is 1. The van der Waals surface area contributed by atoms with Gasteiger partial charge in [0.15, 0.2) is 9.84 Å². The van der Waals surface area contributed by atoms with E-state index in [2.05, 4.69) is 5.32 Å². The Morgan fingerprint density at radius 2 is 1.95 bits per heavy atom. The maximum Gasteiger partial charge on any atom is 0.235 e. The molecule has 1 aromatic carbocycles. The number of carbonyl (C=O) groups excluding carboxylic acids is 1. The number of sulfone groups is 1. The molecule has 0 aliphatic carbocycles. The van der Waals surface area contributed by atoms with E-state index in [1.165, 1.54) is 0 Å². The predicted octanol–water partition coefficient (Wildman–Crippen LogP) is 1.06. The molecule has 1 aromatic rings. The number of nitrogens with zero attached hydrogens (tertiary/aromatic N) is 1. The second-order valence-electron chi connectivity index (χ2n) is 4.44. The van der Waals surface area contributed by atoms with Crippen molar-refractivity contribution >= 4 is 15.7 Å². The van der Waals surface area contributed by atoms with Crippen LogP contribution < -0.4 is 5.32 Å². The van der Waals surface area contributed by atoms with Crippen LogP contribution in [0.4, 0.5) is 0 Å². The average Bonchev–Trinajstić information content (AvgIpc) is 2.39. The summed E-state index contributed by atoms with van der Waals surface area (Å²) in [6, 6.07) is 11.5. The van der Waals surface area contributed by atoms with Crippen molar-refractivity contribution in [1.82, 2.24) is 5.32 Å². The molecule has 0 aliphatic rings. The van der Waals surface area contributed by atoms with E-state index in [1.54, 1.807) is 0 Å². The number of rotatable bonds is 8. The Morgan fingerprint density at radius 1 is 1.25 bits per heavy atom. The van der Waals surface area contributed by atoms with E-state index in [1.807, 2.05) is 36.4 Å². The van der Waals surface area contributed by atoms with Crippen LogP contribution in [-0.4, -0.2) is 32.4 Å². The monoisotopic (exact) mass is 294 g/mol. The van der Waals surface area contributed by atoms with Gasteiger partial charge in [0, 0.05) is 13.0 Å². The number of nitrogens with one attached hydrogen (secondary N) is 1. The zero-order chi connectivity index (χ0) is 14.8. The first-order valence-corrected chi connectivity index (χ1v) is 8.23. The minimum atomic E-state index is -3.41. The molecular weight excluding hydrogens is 276 g/mol. The first-order chi connectivity index (χ1) is 9.53. The van der Waals surface area contributed by atoms with Crippen LogP contribution in [0.25, 0.3) is 0 Å². The fourth-order valence-electron chi connectivity index (χ4n) is 1.69. The van der Waals surface area contributed by atoms with Crippen LogP contribution in [0, 0.1) is 11.3 Å². The number of carbonyl (C=O) groups is 1. The van der Waals surface area contributed by atoms with Gasteiger partial charge in [-0.3, -0.25) is 4.79 Å². The molecule has 0 heterocycles. The normalized spacial score (nSPS) is 10.8. The Kier molecular flexibility index (Phi) is 6.74. The van der Waals surface area contributed by atoms with E-state index in [9.17, 15) is 13.2 Å². The molecule has 5 nitrogen and oxygen atoms in total. The van der Waals surface area contributed by atoms with Crippen molar-refractivity contribution in [2.24, 2.45) is 0 Å². The van der Waals surface area contributed by atoms with Crippen LogP contribution in [-0.2, 0) is 21.1 Å². The van der Waals surface area contributed by atoms with E-state index in [-0.39, 0.29) is 18.6 Å². The highest BCUT2D eigenvalue weighted by Gasteiger charge is 2.15. The Hall–Kier alpha value is -1.87. The zero-order valence-corrected chi connectivity index (χ0v) is 12.0. The van der Waals surface area contributed by atoms with E-state index in [0.717, 1.165) is 5.56 Å². The largest absolute Gasteiger partial charge is 0.355 e. The molecule has 0 spiro atoms. The standard InChI is InChI=1S/C14H18N2O3S/c15-9-4-5-11-20(18,19)12-14(17)16-10-8-13-6-2-1-3-7-13/h1-3,6-7H,4-5,8,10-12H2,(H,16,17). The topological polar surface area (TPSA) is 87.0 Å². The molecular formula is C14H18N2O3S. The Bertz CT molecular complexity index is 562. The van der Waals surface area contributed by atoms with Crippen LogP contribution in [0.1, 0.15) is 18.4 Å². The molecule has 0 radical (unpaired) electrons. The molecule has 0 fully saturated rings. The second-order valence-corrected chi connectivity index (χ2v) is 6.62. The summed E-state index contributed by atoms with van der Waals surface area (Å²) >= 11 is 0. The molecule has 108 valence electrons. The number of unbranched alkanes of at least 4 members (excludes halogenated alkanes) is 1. The highest BCUT2D eigenvalue weighted by atomic mass is 32.2. The summed E-state index contributed by atoms with van der Waals surface area (Å²) in [7, 11) is -3.41. The molecule has 0 saturated heterocycles. The minimum Gasteiger partial charge on any atom is -0.355 e. The average molecular weight is 294 g/mol. The van der Waals surface area contributed by atoms with Crippen LogP contribution in [0.15, 0.2) is 30.3 Å². The smallest absolute Gasteiger partial charge is 0.235 e. The van der Waals surface area contributed by atoms with E-state index in [4.69, 9.17) is 5.26 Å². The summed E-state index contributed by atoms with van der Waals surface area (Å²) in [5, 5.41) is 10.9. The first kappa shape index (κ1) is 16.2. The second kappa shape index (κ2) is 8.33. The lowest BCUT2D eigenvalue weighted by molar-refractivity contribution is -0.118. The third-order valence-corrected chi connectivity index (χ3v) is 4.29. The van der Waals surface area contributed by atoms with Crippen molar-refractivity contribution in [3.8, 4) is 6.07 Å². The Morgan fingerprint density at radius 3 is 2.60 bits per heavy atom. The summed E-state index contributed by atoms with van der Waals surface area (Å²) in [5.74, 6) is -1.11. The number of benzene rings is 1.